The molecule has 92 valence electrons. The minimum absolute atomic E-state index is 0.0183. The number of amides is 1. The van der Waals surface area contributed by atoms with Crippen LogP contribution in [0.3, 0.4) is 0 Å². The van der Waals surface area contributed by atoms with Crippen molar-refractivity contribution in [1.29, 1.82) is 0 Å². The van der Waals surface area contributed by atoms with Crippen LogP contribution in [0.2, 0.25) is 0 Å². The quantitative estimate of drug-likeness (QED) is 0.777. The summed E-state index contributed by atoms with van der Waals surface area (Å²) in [7, 11) is 1.65. The van der Waals surface area contributed by atoms with Gasteiger partial charge in [0, 0.05) is 24.9 Å². The van der Waals surface area contributed by atoms with Crippen molar-refractivity contribution in [1.82, 2.24) is 5.32 Å². The smallest absolute Gasteiger partial charge is 0.246 e. The van der Waals surface area contributed by atoms with Crippen LogP contribution >= 0.6 is 0 Å². The van der Waals surface area contributed by atoms with Crippen LogP contribution in [0.25, 0.3) is 0 Å². The second kappa shape index (κ2) is 4.85. The van der Waals surface area contributed by atoms with Gasteiger partial charge in [-0.1, -0.05) is 17.7 Å². The fraction of sp³-hybridized carbons (Fsp3) is 0.462. The number of ether oxygens (including phenoxy) is 1. The Bertz CT molecular complexity index is 443. The number of carbonyl (C=O) groups excluding carboxylic acids is 1. The highest BCUT2D eigenvalue weighted by Gasteiger charge is 2.31. The Labute approximate surface area is 101 Å². The van der Waals surface area contributed by atoms with Gasteiger partial charge >= 0.3 is 0 Å². The Balaban J connectivity index is 2.23. The van der Waals surface area contributed by atoms with Crippen molar-refractivity contribution < 1.29 is 9.53 Å². The molecule has 0 spiro atoms. The number of benzene rings is 1. The number of fused-ring (bicyclic) bond motifs is 1. The minimum atomic E-state index is -0.251. The molecule has 17 heavy (non-hydrogen) atoms. The van der Waals surface area contributed by atoms with Crippen LogP contribution in [-0.4, -0.2) is 26.2 Å². The molecule has 0 aliphatic carbocycles. The van der Waals surface area contributed by atoms with Gasteiger partial charge in [0.25, 0.3) is 0 Å². The van der Waals surface area contributed by atoms with Crippen LogP contribution < -0.4 is 10.6 Å². The largest absolute Gasteiger partial charge is 0.383 e. The summed E-state index contributed by atoms with van der Waals surface area (Å²) in [5.74, 6) is 0.0183. The summed E-state index contributed by atoms with van der Waals surface area (Å²) >= 11 is 0. The number of nitrogens with one attached hydrogen (secondary N) is 2. The lowest BCUT2D eigenvalue weighted by Gasteiger charge is -2.12. The molecule has 4 heteroatoms. The molecule has 1 aromatic carbocycles. The molecule has 0 saturated carbocycles. The standard InChI is InChI=1S/C13H18N2O2/c1-8-6-9(2)11-10(7-8)12(13(16)15-11)14-4-5-17-3/h6-7,12,14H,4-5H2,1-3H3,(H,15,16). The summed E-state index contributed by atoms with van der Waals surface area (Å²) in [5, 5.41) is 6.13. The van der Waals surface area contributed by atoms with Crippen LogP contribution in [0.1, 0.15) is 22.7 Å². The number of hydrogen-bond acceptors (Lipinski definition) is 3. The van der Waals surface area contributed by atoms with E-state index in [9.17, 15) is 4.79 Å². The lowest BCUT2D eigenvalue weighted by atomic mass is 10.0. The second-order valence-corrected chi connectivity index (χ2v) is 4.42. The predicted octanol–water partition coefficient (Wildman–Crippen LogP) is 1.53. The van der Waals surface area contributed by atoms with Gasteiger partial charge in [0.1, 0.15) is 6.04 Å². The zero-order valence-corrected chi connectivity index (χ0v) is 10.5. The normalized spacial score (nSPS) is 18.1. The highest BCUT2D eigenvalue weighted by atomic mass is 16.5. The van der Waals surface area contributed by atoms with E-state index in [0.717, 1.165) is 16.8 Å². The molecule has 0 saturated heterocycles. The Kier molecular flexibility index (Phi) is 3.45. The Hall–Kier alpha value is -1.39. The molecule has 0 fully saturated rings. The molecule has 1 aliphatic rings. The number of carbonyl (C=O) groups is 1. The van der Waals surface area contributed by atoms with Gasteiger partial charge < -0.3 is 10.1 Å². The fourth-order valence-corrected chi connectivity index (χ4v) is 2.24. The topological polar surface area (TPSA) is 50.4 Å². The molecular formula is C13H18N2O2. The molecule has 1 atom stereocenters. The Morgan fingerprint density at radius 3 is 2.88 bits per heavy atom. The molecule has 1 aliphatic heterocycles. The van der Waals surface area contributed by atoms with Crippen molar-refractivity contribution in [2.75, 3.05) is 25.6 Å². The van der Waals surface area contributed by atoms with Crippen LogP contribution in [-0.2, 0) is 9.53 Å². The monoisotopic (exact) mass is 234 g/mol. The molecule has 2 N–H and O–H groups in total. The Morgan fingerprint density at radius 2 is 2.18 bits per heavy atom. The molecule has 1 amide bonds. The first kappa shape index (κ1) is 12.1. The lowest BCUT2D eigenvalue weighted by molar-refractivity contribution is -0.117. The van der Waals surface area contributed by atoms with Crippen molar-refractivity contribution in [2.45, 2.75) is 19.9 Å². The third-order valence-corrected chi connectivity index (χ3v) is 2.99. The van der Waals surface area contributed by atoms with Crippen LogP contribution in [0.15, 0.2) is 12.1 Å². The molecule has 4 nitrogen and oxygen atoms in total. The third-order valence-electron chi connectivity index (χ3n) is 2.99. The first-order valence-electron chi connectivity index (χ1n) is 5.78. The SMILES string of the molecule is COCCNC1C(=O)Nc2c(C)cc(C)cc21. The van der Waals surface area contributed by atoms with Gasteiger partial charge in [-0.2, -0.15) is 0 Å². The molecule has 0 aromatic heterocycles. The van der Waals surface area contributed by atoms with Gasteiger partial charge in [0.2, 0.25) is 5.91 Å². The summed E-state index contributed by atoms with van der Waals surface area (Å²) in [4.78, 5) is 11.9. The van der Waals surface area contributed by atoms with Gasteiger partial charge in [-0.15, -0.1) is 0 Å². The zero-order valence-electron chi connectivity index (χ0n) is 10.5. The van der Waals surface area contributed by atoms with Gasteiger partial charge in [-0.25, -0.2) is 0 Å². The van der Waals surface area contributed by atoms with E-state index >= 15 is 0 Å². The van der Waals surface area contributed by atoms with Crippen molar-refractivity contribution in [3.63, 3.8) is 0 Å². The maximum absolute atomic E-state index is 11.9. The molecule has 1 unspecified atom stereocenters. The average Bonchev–Trinajstić information content (AvgIpc) is 2.57. The van der Waals surface area contributed by atoms with Crippen molar-refractivity contribution >= 4 is 11.6 Å². The summed E-state index contributed by atoms with van der Waals surface area (Å²) in [6, 6.07) is 3.89. The van der Waals surface area contributed by atoms with E-state index < -0.39 is 0 Å². The average molecular weight is 234 g/mol. The van der Waals surface area contributed by atoms with Gasteiger partial charge in [0.05, 0.1) is 6.61 Å². The zero-order chi connectivity index (χ0) is 12.4. The number of methoxy groups -OCH3 is 1. The fourth-order valence-electron chi connectivity index (χ4n) is 2.24. The summed E-state index contributed by atoms with van der Waals surface area (Å²) in [5.41, 5.74) is 4.29. The van der Waals surface area contributed by atoms with Gasteiger partial charge in [-0.05, 0) is 19.4 Å². The van der Waals surface area contributed by atoms with E-state index in [4.69, 9.17) is 4.74 Å². The van der Waals surface area contributed by atoms with Crippen LogP contribution in [0.4, 0.5) is 5.69 Å². The summed E-state index contributed by atoms with van der Waals surface area (Å²) < 4.78 is 4.98. The Morgan fingerprint density at radius 1 is 1.41 bits per heavy atom. The predicted molar refractivity (Wildman–Crippen MR) is 67.2 cm³/mol. The molecule has 2 rings (SSSR count). The van der Waals surface area contributed by atoms with Crippen LogP contribution in [0.5, 0.6) is 0 Å². The summed E-state index contributed by atoms with van der Waals surface area (Å²) in [6.07, 6.45) is 0. The maximum Gasteiger partial charge on any atom is 0.246 e. The minimum Gasteiger partial charge on any atom is -0.383 e. The van der Waals surface area contributed by atoms with E-state index in [-0.39, 0.29) is 11.9 Å². The van der Waals surface area contributed by atoms with Gasteiger partial charge in [-0.3, -0.25) is 10.1 Å². The van der Waals surface area contributed by atoms with E-state index in [1.165, 1.54) is 5.56 Å². The van der Waals surface area contributed by atoms with E-state index in [1.54, 1.807) is 7.11 Å². The first-order valence-corrected chi connectivity index (χ1v) is 5.78. The van der Waals surface area contributed by atoms with Crippen LogP contribution in [0, 0.1) is 13.8 Å². The van der Waals surface area contributed by atoms with E-state index in [1.807, 2.05) is 13.8 Å². The highest BCUT2D eigenvalue weighted by Crippen LogP contribution is 2.34. The van der Waals surface area contributed by atoms with Crippen molar-refractivity contribution in [3.05, 3.63) is 28.8 Å². The van der Waals surface area contributed by atoms with E-state index in [0.29, 0.717) is 13.2 Å². The van der Waals surface area contributed by atoms with E-state index in [2.05, 4.69) is 22.8 Å². The molecule has 0 radical (unpaired) electrons. The van der Waals surface area contributed by atoms with Crippen molar-refractivity contribution in [2.24, 2.45) is 0 Å². The lowest BCUT2D eigenvalue weighted by Crippen LogP contribution is -2.30. The summed E-state index contributed by atoms with van der Waals surface area (Å²) in [6.45, 7) is 5.33. The number of rotatable bonds is 4. The third kappa shape index (κ3) is 2.33. The molecule has 0 bridgehead atoms. The molecular weight excluding hydrogens is 216 g/mol. The first-order chi connectivity index (χ1) is 8.13. The molecule has 1 heterocycles. The number of hydrogen-bond donors (Lipinski definition) is 2. The second-order valence-electron chi connectivity index (χ2n) is 4.42. The van der Waals surface area contributed by atoms with Gasteiger partial charge in [0.15, 0.2) is 0 Å². The maximum atomic E-state index is 11.9. The highest BCUT2D eigenvalue weighted by molar-refractivity contribution is 6.03. The molecule has 1 aromatic rings. The number of aryl methyl sites for hydroxylation is 2. The number of anilines is 1. The van der Waals surface area contributed by atoms with Crippen molar-refractivity contribution in [3.8, 4) is 0 Å².